The van der Waals surface area contributed by atoms with E-state index in [0.717, 1.165) is 29.4 Å². The van der Waals surface area contributed by atoms with Crippen LogP contribution in [0.1, 0.15) is 11.1 Å². The summed E-state index contributed by atoms with van der Waals surface area (Å²) >= 11 is 5.06. The van der Waals surface area contributed by atoms with Crippen LogP contribution in [-0.2, 0) is 20.9 Å². The topological polar surface area (TPSA) is 76.2 Å². The fraction of sp³-hybridized carbons (Fsp3) is 0.261. The highest BCUT2D eigenvalue weighted by atomic mass is 127. The smallest absolute Gasteiger partial charge is 0.294 e. The molecule has 0 unspecified atom stereocenters. The fourth-order valence-corrected chi connectivity index (χ4v) is 6.37. The van der Waals surface area contributed by atoms with Crippen LogP contribution >= 0.6 is 56.9 Å². The van der Waals surface area contributed by atoms with Gasteiger partial charge in [-0.1, -0.05) is 18.2 Å². The van der Waals surface area contributed by atoms with Crippen molar-refractivity contribution in [3.63, 3.8) is 0 Å². The summed E-state index contributed by atoms with van der Waals surface area (Å²) in [6.07, 6.45) is 1.63. The molecule has 2 saturated heterocycles. The maximum absolute atomic E-state index is 13.9. The third-order valence-corrected chi connectivity index (χ3v) is 7.69. The molecular weight excluding hydrogens is 689 g/mol. The first-order valence-corrected chi connectivity index (χ1v) is 13.3. The van der Waals surface area contributed by atoms with Crippen LogP contribution in [0.2, 0.25) is 0 Å². The molecule has 2 fully saturated rings. The molecule has 2 aliphatic heterocycles. The Morgan fingerprint density at radius 2 is 1.82 bits per heavy atom. The van der Waals surface area contributed by atoms with Gasteiger partial charge in [-0.3, -0.25) is 19.3 Å². The third-order valence-electron chi connectivity index (χ3n) is 5.18. The molecule has 0 N–H and O–H groups in total. The number of imide groups is 1. The number of benzene rings is 2. The van der Waals surface area contributed by atoms with Crippen LogP contribution in [0, 0.1) is 13.0 Å². The van der Waals surface area contributed by atoms with E-state index in [1.54, 1.807) is 29.2 Å². The molecule has 0 saturated carbocycles. The van der Waals surface area contributed by atoms with Crippen molar-refractivity contribution in [2.75, 3.05) is 32.8 Å². The van der Waals surface area contributed by atoms with Crippen molar-refractivity contribution < 1.29 is 28.2 Å². The number of nitrogens with zero attached hydrogens (tertiary/aromatic N) is 2. The van der Waals surface area contributed by atoms with E-state index in [1.165, 1.54) is 6.07 Å². The molecule has 4 rings (SSSR count). The number of thioether (sulfide) groups is 1. The van der Waals surface area contributed by atoms with E-state index in [-0.39, 0.29) is 29.8 Å². The van der Waals surface area contributed by atoms with E-state index >= 15 is 0 Å². The van der Waals surface area contributed by atoms with E-state index < -0.39 is 11.1 Å². The Balaban J connectivity index is 1.46. The molecule has 2 aromatic carbocycles. The number of amides is 3. The monoisotopic (exact) mass is 708 g/mol. The highest BCUT2D eigenvalue weighted by molar-refractivity contribution is 14.1. The molecule has 2 aliphatic rings. The van der Waals surface area contributed by atoms with Gasteiger partial charge in [-0.15, -0.1) is 0 Å². The predicted molar refractivity (Wildman–Crippen MR) is 143 cm³/mol. The first kappa shape index (κ1) is 25.4. The zero-order valence-corrected chi connectivity index (χ0v) is 22.9. The Kier molecular flexibility index (Phi) is 8.47. The van der Waals surface area contributed by atoms with Crippen molar-refractivity contribution in [3.8, 4) is 5.75 Å². The SMILES string of the molecule is O=C(CN1C(=O)S/C(=C/c2cc(I)c(OCc3ccccc3F)c(I)c2)C1=O)N1CCOCC1. The van der Waals surface area contributed by atoms with E-state index in [0.29, 0.717) is 37.6 Å². The molecular formula is C23H19FI2N2O5S. The normalized spacial score (nSPS) is 17.6. The van der Waals surface area contributed by atoms with Gasteiger partial charge in [-0.2, -0.15) is 0 Å². The van der Waals surface area contributed by atoms with Gasteiger partial charge in [-0.05, 0) is 86.8 Å². The number of carbonyl (C=O) groups is 3. The Labute approximate surface area is 227 Å². The second-order valence-corrected chi connectivity index (χ2v) is 10.8. The van der Waals surface area contributed by atoms with Gasteiger partial charge in [0.2, 0.25) is 5.91 Å². The Morgan fingerprint density at radius 1 is 1.15 bits per heavy atom. The molecule has 0 aromatic heterocycles. The van der Waals surface area contributed by atoms with Gasteiger partial charge in [0.15, 0.2) is 0 Å². The second-order valence-electron chi connectivity index (χ2n) is 7.45. The van der Waals surface area contributed by atoms with Crippen LogP contribution in [0.3, 0.4) is 0 Å². The molecule has 11 heteroatoms. The zero-order chi connectivity index (χ0) is 24.2. The predicted octanol–water partition coefficient (Wildman–Crippen LogP) is 4.51. The summed E-state index contributed by atoms with van der Waals surface area (Å²) in [7, 11) is 0. The highest BCUT2D eigenvalue weighted by Gasteiger charge is 2.37. The number of carbonyl (C=O) groups excluding carboxylic acids is 3. The number of morpholine rings is 1. The molecule has 2 heterocycles. The van der Waals surface area contributed by atoms with Crippen LogP contribution in [0.25, 0.3) is 6.08 Å². The average Bonchev–Trinajstić information content (AvgIpc) is 3.07. The van der Waals surface area contributed by atoms with E-state index in [4.69, 9.17) is 9.47 Å². The van der Waals surface area contributed by atoms with Crippen molar-refractivity contribution in [2.24, 2.45) is 0 Å². The van der Waals surface area contributed by atoms with Gasteiger partial charge < -0.3 is 14.4 Å². The minimum atomic E-state index is -0.485. The molecule has 34 heavy (non-hydrogen) atoms. The maximum Gasteiger partial charge on any atom is 0.294 e. The van der Waals surface area contributed by atoms with E-state index in [9.17, 15) is 18.8 Å². The Bertz CT molecular complexity index is 1150. The highest BCUT2D eigenvalue weighted by Crippen LogP contribution is 2.35. The summed E-state index contributed by atoms with van der Waals surface area (Å²) in [6, 6.07) is 10.1. The lowest BCUT2D eigenvalue weighted by atomic mass is 10.2. The minimum Gasteiger partial charge on any atom is -0.487 e. The number of hydrogen-bond acceptors (Lipinski definition) is 6. The summed E-state index contributed by atoms with van der Waals surface area (Å²) in [5.41, 5.74) is 1.18. The lowest BCUT2D eigenvalue weighted by Crippen LogP contribution is -2.46. The van der Waals surface area contributed by atoms with Gasteiger partial charge in [0.25, 0.3) is 11.1 Å². The molecule has 7 nitrogen and oxygen atoms in total. The molecule has 0 bridgehead atoms. The molecule has 0 radical (unpaired) electrons. The average molecular weight is 708 g/mol. The summed E-state index contributed by atoms with van der Waals surface area (Å²) in [5, 5.41) is -0.466. The molecule has 178 valence electrons. The van der Waals surface area contributed by atoms with Crippen molar-refractivity contribution in [1.29, 1.82) is 0 Å². The van der Waals surface area contributed by atoms with Gasteiger partial charge >= 0.3 is 0 Å². The number of rotatable bonds is 6. The van der Waals surface area contributed by atoms with Crippen LogP contribution in [0.4, 0.5) is 9.18 Å². The number of halogens is 3. The number of ether oxygens (including phenoxy) is 2. The first-order valence-electron chi connectivity index (χ1n) is 10.3. The minimum absolute atomic E-state index is 0.0914. The van der Waals surface area contributed by atoms with E-state index in [2.05, 4.69) is 45.2 Å². The Hall–Kier alpha value is -1.71. The largest absolute Gasteiger partial charge is 0.487 e. The molecule has 2 aromatic rings. The van der Waals surface area contributed by atoms with Gasteiger partial charge in [-0.25, -0.2) is 4.39 Å². The molecule has 3 amide bonds. The standard InChI is InChI=1S/C23H19FI2N2O5S/c24-16-4-2-1-3-15(16)13-33-21-17(25)9-14(10-18(21)26)11-19-22(30)28(23(31)34-19)12-20(29)27-5-7-32-8-6-27/h1-4,9-11H,5-8,12-13H2/b19-11+. The van der Waals surface area contributed by atoms with E-state index in [1.807, 2.05) is 12.1 Å². The summed E-state index contributed by atoms with van der Waals surface area (Å²) in [6.45, 7) is 1.61. The van der Waals surface area contributed by atoms with Crippen LogP contribution < -0.4 is 4.74 Å². The van der Waals surface area contributed by atoms with Gasteiger partial charge in [0.05, 0.1) is 25.3 Å². The van der Waals surface area contributed by atoms with Crippen LogP contribution in [-0.4, -0.2) is 59.7 Å². The van der Waals surface area contributed by atoms with Crippen molar-refractivity contribution in [1.82, 2.24) is 9.80 Å². The quantitative estimate of drug-likeness (QED) is 0.325. The van der Waals surface area contributed by atoms with Gasteiger partial charge in [0, 0.05) is 18.7 Å². The third kappa shape index (κ3) is 5.91. The van der Waals surface area contributed by atoms with Crippen molar-refractivity contribution >= 4 is 80.1 Å². The maximum atomic E-state index is 13.9. The van der Waals surface area contributed by atoms with Crippen LogP contribution in [0.5, 0.6) is 5.75 Å². The van der Waals surface area contributed by atoms with Crippen LogP contribution in [0.15, 0.2) is 41.3 Å². The summed E-state index contributed by atoms with van der Waals surface area (Å²) in [5.74, 6) is -0.466. The lowest BCUT2D eigenvalue weighted by Gasteiger charge is -2.28. The fourth-order valence-electron chi connectivity index (χ4n) is 3.40. The Morgan fingerprint density at radius 3 is 2.50 bits per heavy atom. The lowest BCUT2D eigenvalue weighted by molar-refractivity contribution is -0.139. The zero-order valence-electron chi connectivity index (χ0n) is 17.8. The second kappa shape index (κ2) is 11.4. The van der Waals surface area contributed by atoms with Gasteiger partial charge in [0.1, 0.15) is 24.7 Å². The first-order chi connectivity index (χ1) is 16.3. The van der Waals surface area contributed by atoms with Crippen molar-refractivity contribution in [2.45, 2.75) is 6.61 Å². The molecule has 0 atom stereocenters. The summed E-state index contributed by atoms with van der Waals surface area (Å²) in [4.78, 5) is 40.6. The number of hydrogen-bond donors (Lipinski definition) is 0. The molecule has 0 aliphatic carbocycles. The molecule has 0 spiro atoms. The summed E-state index contributed by atoms with van der Waals surface area (Å²) < 4.78 is 26.5. The van der Waals surface area contributed by atoms with Crippen molar-refractivity contribution in [3.05, 3.63) is 65.4 Å².